The molecule has 0 saturated carbocycles. The van der Waals surface area contributed by atoms with Crippen molar-refractivity contribution >= 4 is 29.2 Å². The minimum atomic E-state index is -4.50. The van der Waals surface area contributed by atoms with Gasteiger partial charge in [0, 0.05) is 19.2 Å². The Bertz CT molecular complexity index is 1040. The van der Waals surface area contributed by atoms with E-state index in [4.69, 9.17) is 11.6 Å². The number of aliphatic hydroxyl groups excluding tert-OH is 1. The van der Waals surface area contributed by atoms with E-state index < -0.39 is 42.0 Å². The fourth-order valence-corrected chi connectivity index (χ4v) is 3.50. The number of nitrogens with zero attached hydrogens (tertiary/aromatic N) is 3. The molecule has 32 heavy (non-hydrogen) atoms. The van der Waals surface area contributed by atoms with E-state index in [9.17, 15) is 32.3 Å². The van der Waals surface area contributed by atoms with Gasteiger partial charge in [0.2, 0.25) is 5.91 Å². The van der Waals surface area contributed by atoms with Gasteiger partial charge >= 0.3 is 6.18 Å². The van der Waals surface area contributed by atoms with Crippen molar-refractivity contribution in [1.82, 2.24) is 9.88 Å². The number of alkyl halides is 3. The number of aliphatic hydroxyl groups is 1. The molecule has 6 nitrogen and oxygen atoms in total. The van der Waals surface area contributed by atoms with Crippen LogP contribution in [0, 0.1) is 5.82 Å². The number of benzene rings is 1. The number of pyridine rings is 1. The van der Waals surface area contributed by atoms with Crippen LogP contribution < -0.4 is 4.90 Å². The highest BCUT2D eigenvalue weighted by molar-refractivity contribution is 6.30. The highest BCUT2D eigenvalue weighted by Crippen LogP contribution is 2.30. The summed E-state index contributed by atoms with van der Waals surface area (Å²) in [6.07, 6.45) is -3.41. The van der Waals surface area contributed by atoms with E-state index in [1.807, 2.05) is 0 Å². The van der Waals surface area contributed by atoms with Crippen molar-refractivity contribution in [3.05, 3.63) is 70.8 Å². The molecule has 0 radical (unpaired) electrons. The first kappa shape index (κ1) is 23.5. The molecule has 1 unspecified atom stereocenters. The molecule has 1 atom stereocenters. The van der Waals surface area contributed by atoms with Crippen LogP contribution in [0.25, 0.3) is 0 Å². The van der Waals surface area contributed by atoms with Crippen LogP contribution in [0.2, 0.25) is 5.02 Å². The van der Waals surface area contributed by atoms with Crippen LogP contribution in [-0.4, -0.2) is 39.4 Å². The maximum atomic E-state index is 14.3. The molecule has 1 saturated heterocycles. The summed E-state index contributed by atoms with van der Waals surface area (Å²) in [6.45, 7) is 2.70. The first-order valence-electron chi connectivity index (χ1n) is 9.42. The van der Waals surface area contributed by atoms with Crippen LogP contribution in [0.5, 0.6) is 0 Å². The average molecular weight is 472 g/mol. The molecule has 2 heterocycles. The average Bonchev–Trinajstić information content (AvgIpc) is 2.70. The summed E-state index contributed by atoms with van der Waals surface area (Å²) < 4.78 is 52.7. The van der Waals surface area contributed by atoms with E-state index in [1.54, 1.807) is 0 Å². The van der Waals surface area contributed by atoms with Gasteiger partial charge in [0.25, 0.3) is 5.91 Å². The molecule has 2 amide bonds. The fraction of sp³-hybridized carbons (Fsp3) is 0.286. The number of aromatic nitrogens is 1. The van der Waals surface area contributed by atoms with Gasteiger partial charge in [-0.15, -0.1) is 0 Å². The summed E-state index contributed by atoms with van der Waals surface area (Å²) in [5.74, 6) is -2.68. The topological polar surface area (TPSA) is 73.7 Å². The Morgan fingerprint density at radius 3 is 2.47 bits per heavy atom. The van der Waals surface area contributed by atoms with Gasteiger partial charge in [-0.3, -0.25) is 14.5 Å². The lowest BCUT2D eigenvalue weighted by molar-refractivity contribution is -0.144. The number of piperazine rings is 1. The van der Waals surface area contributed by atoms with E-state index in [-0.39, 0.29) is 36.0 Å². The first-order chi connectivity index (χ1) is 15.0. The predicted octanol–water partition coefficient (Wildman–Crippen LogP) is 4.49. The summed E-state index contributed by atoms with van der Waals surface area (Å²) in [5, 5.41) is 9.47. The molecule has 0 aliphatic carbocycles. The van der Waals surface area contributed by atoms with Crippen molar-refractivity contribution in [2.24, 2.45) is 0 Å². The number of amides is 2. The van der Waals surface area contributed by atoms with E-state index in [1.165, 1.54) is 17.0 Å². The number of allylic oxidation sites excluding steroid dienone is 1. The predicted molar refractivity (Wildman–Crippen MR) is 108 cm³/mol. The quantitative estimate of drug-likeness (QED) is 0.497. The highest BCUT2D eigenvalue weighted by Gasteiger charge is 2.41. The summed E-state index contributed by atoms with van der Waals surface area (Å²) in [4.78, 5) is 31.9. The SMILES string of the molecule is C=C(O)CCC1C(=O)N(c2ncc(Cl)cc2F)CC(=O)N1Cc1ccc(C(F)(F)F)cc1. The Labute approximate surface area is 185 Å². The third kappa shape index (κ3) is 5.18. The van der Waals surface area contributed by atoms with E-state index in [2.05, 4.69) is 11.6 Å². The smallest absolute Gasteiger partial charge is 0.416 e. The molecular formula is C21H18ClF4N3O3. The Kier molecular flexibility index (Phi) is 6.73. The third-order valence-electron chi connectivity index (χ3n) is 4.93. The Balaban J connectivity index is 1.89. The lowest BCUT2D eigenvalue weighted by Crippen LogP contribution is -2.60. The van der Waals surface area contributed by atoms with Crippen LogP contribution in [0.1, 0.15) is 24.0 Å². The summed E-state index contributed by atoms with van der Waals surface area (Å²) in [5.41, 5.74) is -0.470. The number of hydrogen-bond acceptors (Lipinski definition) is 4. The third-order valence-corrected chi connectivity index (χ3v) is 5.13. The lowest BCUT2D eigenvalue weighted by Gasteiger charge is -2.40. The zero-order valence-electron chi connectivity index (χ0n) is 16.6. The number of anilines is 1. The zero-order chi connectivity index (χ0) is 23.6. The van der Waals surface area contributed by atoms with Crippen molar-refractivity contribution in [2.45, 2.75) is 31.6 Å². The molecule has 1 aromatic heterocycles. The number of halogens is 5. The number of hydrogen-bond donors (Lipinski definition) is 1. The molecule has 0 spiro atoms. The maximum absolute atomic E-state index is 14.3. The van der Waals surface area contributed by atoms with Gasteiger partial charge in [-0.1, -0.05) is 30.3 Å². The number of carbonyl (C=O) groups is 2. The largest absolute Gasteiger partial charge is 0.513 e. The van der Waals surface area contributed by atoms with Crippen molar-refractivity contribution in [3.8, 4) is 0 Å². The number of rotatable bonds is 6. The minimum absolute atomic E-state index is 0.0131. The Morgan fingerprint density at radius 1 is 1.25 bits per heavy atom. The minimum Gasteiger partial charge on any atom is -0.513 e. The second-order valence-corrected chi connectivity index (χ2v) is 7.66. The second kappa shape index (κ2) is 9.15. The monoisotopic (exact) mass is 471 g/mol. The molecule has 0 bridgehead atoms. The van der Waals surface area contributed by atoms with Crippen LogP contribution in [-0.2, 0) is 22.3 Å². The first-order valence-corrected chi connectivity index (χ1v) is 9.80. The fourth-order valence-electron chi connectivity index (χ4n) is 3.35. The van der Waals surface area contributed by atoms with Crippen LogP contribution in [0.15, 0.2) is 48.9 Å². The molecule has 11 heteroatoms. The van der Waals surface area contributed by atoms with E-state index >= 15 is 0 Å². The summed E-state index contributed by atoms with van der Waals surface area (Å²) >= 11 is 5.70. The van der Waals surface area contributed by atoms with Crippen molar-refractivity contribution in [2.75, 3.05) is 11.4 Å². The lowest BCUT2D eigenvalue weighted by atomic mass is 10.0. The molecule has 1 aliphatic heterocycles. The Morgan fingerprint density at radius 2 is 1.91 bits per heavy atom. The molecule has 2 aromatic rings. The standard InChI is InChI=1S/C21H18ClF4N3O3/c1-12(30)2-7-17-20(32)29(19-16(23)8-15(22)9-27-19)11-18(31)28(17)10-13-3-5-14(6-4-13)21(24,25)26/h3-6,8-9,17,30H,1-2,7,10-11H2. The molecular weight excluding hydrogens is 454 g/mol. The van der Waals surface area contributed by atoms with Crippen molar-refractivity contribution in [3.63, 3.8) is 0 Å². The Hall–Kier alpha value is -3.14. The molecule has 1 fully saturated rings. The molecule has 3 rings (SSSR count). The number of carbonyl (C=O) groups excluding carboxylic acids is 2. The molecule has 170 valence electrons. The van der Waals surface area contributed by atoms with Gasteiger partial charge in [0.1, 0.15) is 12.6 Å². The van der Waals surface area contributed by atoms with Crippen LogP contribution >= 0.6 is 11.6 Å². The molecule has 1 aromatic carbocycles. The van der Waals surface area contributed by atoms with Crippen LogP contribution in [0.3, 0.4) is 0 Å². The zero-order valence-corrected chi connectivity index (χ0v) is 17.3. The summed E-state index contributed by atoms with van der Waals surface area (Å²) in [6, 6.07) is 4.05. The van der Waals surface area contributed by atoms with Gasteiger partial charge in [0.05, 0.1) is 16.3 Å². The van der Waals surface area contributed by atoms with Crippen LogP contribution in [0.4, 0.5) is 23.4 Å². The molecule has 1 aliphatic rings. The van der Waals surface area contributed by atoms with Gasteiger partial charge in [0.15, 0.2) is 11.6 Å². The van der Waals surface area contributed by atoms with Gasteiger partial charge in [-0.2, -0.15) is 13.2 Å². The van der Waals surface area contributed by atoms with Gasteiger partial charge < -0.3 is 10.0 Å². The normalized spacial score (nSPS) is 17.1. The van der Waals surface area contributed by atoms with E-state index in [0.29, 0.717) is 5.56 Å². The van der Waals surface area contributed by atoms with E-state index in [0.717, 1.165) is 29.3 Å². The molecule has 1 N–H and O–H groups in total. The van der Waals surface area contributed by atoms with Gasteiger partial charge in [-0.25, -0.2) is 9.37 Å². The maximum Gasteiger partial charge on any atom is 0.416 e. The highest BCUT2D eigenvalue weighted by atomic mass is 35.5. The second-order valence-electron chi connectivity index (χ2n) is 7.22. The van der Waals surface area contributed by atoms with Crippen molar-refractivity contribution in [1.29, 1.82) is 0 Å². The van der Waals surface area contributed by atoms with Gasteiger partial charge in [-0.05, 0) is 30.2 Å². The summed E-state index contributed by atoms with van der Waals surface area (Å²) in [7, 11) is 0. The van der Waals surface area contributed by atoms with Crippen molar-refractivity contribution < 1.29 is 32.3 Å².